The molecule has 2 aromatic rings. The van der Waals surface area contributed by atoms with Crippen molar-refractivity contribution in [3.05, 3.63) is 41.1 Å². The second kappa shape index (κ2) is 4.70. The van der Waals surface area contributed by atoms with Gasteiger partial charge in [0.15, 0.2) is 0 Å². The summed E-state index contributed by atoms with van der Waals surface area (Å²) >= 11 is 0. The third-order valence-electron chi connectivity index (χ3n) is 4.38. The molecular formula is C16H20FN3. The molecule has 2 heterocycles. The summed E-state index contributed by atoms with van der Waals surface area (Å²) < 4.78 is 15.7. The van der Waals surface area contributed by atoms with E-state index in [1.807, 2.05) is 6.07 Å². The van der Waals surface area contributed by atoms with Gasteiger partial charge in [0.25, 0.3) is 0 Å². The van der Waals surface area contributed by atoms with E-state index in [1.165, 1.54) is 6.07 Å². The molecule has 2 unspecified atom stereocenters. The van der Waals surface area contributed by atoms with Crippen LogP contribution < -0.4 is 5.73 Å². The summed E-state index contributed by atoms with van der Waals surface area (Å²) in [5.74, 6) is 0.916. The molecule has 0 saturated heterocycles. The zero-order chi connectivity index (χ0) is 14.4. The van der Waals surface area contributed by atoms with Crippen molar-refractivity contribution < 1.29 is 4.39 Å². The predicted octanol–water partition coefficient (Wildman–Crippen LogP) is 3.14. The van der Waals surface area contributed by atoms with Crippen LogP contribution in [0, 0.1) is 19.7 Å². The Hall–Kier alpha value is -1.68. The van der Waals surface area contributed by atoms with E-state index < -0.39 is 0 Å². The highest BCUT2D eigenvalue weighted by Gasteiger charge is 2.27. The van der Waals surface area contributed by atoms with Crippen LogP contribution in [0.1, 0.15) is 36.5 Å². The molecule has 0 fully saturated rings. The largest absolute Gasteiger partial charge is 0.327 e. The van der Waals surface area contributed by atoms with Crippen LogP contribution >= 0.6 is 0 Å². The Morgan fingerprint density at radius 1 is 1.35 bits per heavy atom. The van der Waals surface area contributed by atoms with Gasteiger partial charge in [-0.1, -0.05) is 0 Å². The average Bonchev–Trinajstić information content (AvgIpc) is 2.75. The molecule has 0 saturated carbocycles. The minimum absolute atomic E-state index is 0.175. The Morgan fingerprint density at radius 3 is 2.80 bits per heavy atom. The van der Waals surface area contributed by atoms with Gasteiger partial charge in [0.1, 0.15) is 11.6 Å². The summed E-state index contributed by atoms with van der Waals surface area (Å²) in [6.07, 6.45) is 1.88. The Labute approximate surface area is 118 Å². The van der Waals surface area contributed by atoms with Crippen LogP contribution in [0.15, 0.2) is 18.2 Å². The number of nitrogens with zero attached hydrogens (tertiary/aromatic N) is 2. The minimum Gasteiger partial charge on any atom is -0.327 e. The molecule has 2 N–H and O–H groups in total. The predicted molar refractivity (Wildman–Crippen MR) is 78.1 cm³/mol. The van der Waals surface area contributed by atoms with E-state index in [0.29, 0.717) is 5.56 Å². The lowest BCUT2D eigenvalue weighted by Gasteiger charge is -2.29. The number of aryl methyl sites for hydroxylation is 2. The monoisotopic (exact) mass is 273 g/mol. The molecule has 106 valence electrons. The molecule has 1 aliphatic heterocycles. The normalized spacial score (nSPS) is 21.9. The summed E-state index contributed by atoms with van der Waals surface area (Å²) in [5.41, 5.74) is 9.85. The van der Waals surface area contributed by atoms with Crippen molar-refractivity contribution in [1.29, 1.82) is 0 Å². The number of rotatable bonds is 1. The summed E-state index contributed by atoms with van der Waals surface area (Å²) in [7, 11) is 0. The van der Waals surface area contributed by atoms with Gasteiger partial charge in [-0.15, -0.1) is 0 Å². The number of aromatic nitrogens is 2. The average molecular weight is 273 g/mol. The van der Waals surface area contributed by atoms with Crippen LogP contribution in [0.5, 0.6) is 0 Å². The van der Waals surface area contributed by atoms with Gasteiger partial charge < -0.3 is 10.3 Å². The van der Waals surface area contributed by atoms with E-state index in [2.05, 4.69) is 18.4 Å². The van der Waals surface area contributed by atoms with Crippen molar-refractivity contribution in [3.63, 3.8) is 0 Å². The number of imidazole rings is 1. The minimum atomic E-state index is -0.175. The molecular weight excluding hydrogens is 253 g/mol. The van der Waals surface area contributed by atoms with E-state index in [0.717, 1.165) is 35.6 Å². The SMILES string of the molecule is Cc1cc(-c2nc3n(c2C)C(C)C(N)CC3)ccc1F. The molecule has 3 nitrogen and oxygen atoms in total. The van der Waals surface area contributed by atoms with Gasteiger partial charge in [0.2, 0.25) is 0 Å². The standard InChI is InChI=1S/C16H20FN3/c1-9-8-12(4-5-13(9)17)16-11(3)20-10(2)14(18)6-7-15(20)19-16/h4-5,8,10,14H,6-7,18H2,1-3H3. The maximum Gasteiger partial charge on any atom is 0.126 e. The summed E-state index contributed by atoms with van der Waals surface area (Å²) in [6, 6.07) is 5.62. The van der Waals surface area contributed by atoms with Gasteiger partial charge in [-0.25, -0.2) is 9.37 Å². The summed E-state index contributed by atoms with van der Waals surface area (Å²) in [6.45, 7) is 5.99. The second-order valence-corrected chi connectivity index (χ2v) is 5.74. The molecule has 0 spiro atoms. The third-order valence-corrected chi connectivity index (χ3v) is 4.38. The molecule has 0 radical (unpaired) electrons. The Bertz CT molecular complexity index is 660. The third kappa shape index (κ3) is 1.95. The van der Waals surface area contributed by atoms with Crippen LogP contribution in [0.3, 0.4) is 0 Å². The zero-order valence-corrected chi connectivity index (χ0v) is 12.2. The molecule has 4 heteroatoms. The molecule has 1 aliphatic rings. The van der Waals surface area contributed by atoms with Crippen molar-refractivity contribution in [1.82, 2.24) is 9.55 Å². The van der Waals surface area contributed by atoms with Crippen molar-refractivity contribution in [2.75, 3.05) is 0 Å². The van der Waals surface area contributed by atoms with E-state index in [9.17, 15) is 4.39 Å². The Morgan fingerprint density at radius 2 is 2.10 bits per heavy atom. The fourth-order valence-electron chi connectivity index (χ4n) is 3.08. The lowest BCUT2D eigenvalue weighted by Crippen LogP contribution is -2.36. The quantitative estimate of drug-likeness (QED) is 0.867. The Balaban J connectivity index is 2.12. The van der Waals surface area contributed by atoms with Gasteiger partial charge >= 0.3 is 0 Å². The van der Waals surface area contributed by atoms with Gasteiger partial charge in [0, 0.05) is 29.8 Å². The fraction of sp³-hybridized carbons (Fsp3) is 0.438. The molecule has 3 rings (SSSR count). The summed E-state index contributed by atoms with van der Waals surface area (Å²) in [5, 5.41) is 0. The number of hydrogen-bond donors (Lipinski definition) is 1. The van der Waals surface area contributed by atoms with Gasteiger partial charge in [-0.3, -0.25) is 0 Å². The number of benzene rings is 1. The van der Waals surface area contributed by atoms with E-state index in [4.69, 9.17) is 10.7 Å². The maximum absolute atomic E-state index is 13.4. The zero-order valence-electron chi connectivity index (χ0n) is 12.2. The topological polar surface area (TPSA) is 43.8 Å². The molecule has 0 aliphatic carbocycles. The Kier molecular flexibility index (Phi) is 3.13. The van der Waals surface area contributed by atoms with Gasteiger partial charge in [-0.05, 0) is 51.0 Å². The van der Waals surface area contributed by atoms with Crippen LogP contribution in [0.25, 0.3) is 11.3 Å². The fourth-order valence-corrected chi connectivity index (χ4v) is 3.08. The van der Waals surface area contributed by atoms with Crippen molar-refractivity contribution in [2.24, 2.45) is 5.73 Å². The first-order valence-electron chi connectivity index (χ1n) is 7.09. The van der Waals surface area contributed by atoms with Crippen molar-refractivity contribution >= 4 is 0 Å². The molecule has 0 bridgehead atoms. The van der Waals surface area contributed by atoms with Gasteiger partial charge in [-0.2, -0.15) is 0 Å². The van der Waals surface area contributed by atoms with Crippen molar-refractivity contribution in [2.45, 2.75) is 45.7 Å². The molecule has 1 aromatic carbocycles. The highest BCUT2D eigenvalue weighted by Crippen LogP contribution is 2.32. The van der Waals surface area contributed by atoms with E-state index in [-0.39, 0.29) is 17.9 Å². The van der Waals surface area contributed by atoms with Crippen LogP contribution in [0.2, 0.25) is 0 Å². The maximum atomic E-state index is 13.4. The lowest BCUT2D eigenvalue weighted by atomic mass is 10.0. The molecule has 0 amide bonds. The second-order valence-electron chi connectivity index (χ2n) is 5.74. The molecule has 2 atom stereocenters. The van der Waals surface area contributed by atoms with E-state index in [1.54, 1.807) is 13.0 Å². The van der Waals surface area contributed by atoms with Crippen LogP contribution in [-0.4, -0.2) is 15.6 Å². The first kappa shape index (κ1) is 13.3. The van der Waals surface area contributed by atoms with Crippen LogP contribution in [-0.2, 0) is 6.42 Å². The molecule has 20 heavy (non-hydrogen) atoms. The highest BCUT2D eigenvalue weighted by molar-refractivity contribution is 5.63. The van der Waals surface area contributed by atoms with E-state index >= 15 is 0 Å². The number of hydrogen-bond acceptors (Lipinski definition) is 2. The highest BCUT2D eigenvalue weighted by atomic mass is 19.1. The molecule has 1 aromatic heterocycles. The number of halogens is 1. The summed E-state index contributed by atoms with van der Waals surface area (Å²) in [4.78, 5) is 4.76. The first-order valence-corrected chi connectivity index (χ1v) is 7.09. The smallest absolute Gasteiger partial charge is 0.126 e. The number of nitrogens with two attached hydrogens (primary N) is 1. The van der Waals surface area contributed by atoms with Crippen molar-refractivity contribution in [3.8, 4) is 11.3 Å². The lowest BCUT2D eigenvalue weighted by molar-refractivity contribution is 0.363. The number of fused-ring (bicyclic) bond motifs is 1. The van der Waals surface area contributed by atoms with Crippen LogP contribution in [0.4, 0.5) is 4.39 Å². The first-order chi connectivity index (χ1) is 9.49. The van der Waals surface area contributed by atoms with Gasteiger partial charge in [0.05, 0.1) is 5.69 Å².